The molecule has 0 N–H and O–H groups in total. The first kappa shape index (κ1) is 16.2. The van der Waals surface area contributed by atoms with Crippen molar-refractivity contribution in [2.45, 2.75) is 6.10 Å². The molecule has 3 rings (SSSR count). The lowest BCUT2D eigenvalue weighted by Crippen LogP contribution is -2.33. The minimum atomic E-state index is -0.490. The molecule has 122 valence electrons. The maximum absolute atomic E-state index is 14.4. The largest absolute Gasteiger partial charge is 0.442 e. The first-order valence-electron chi connectivity index (χ1n) is 7.33. The van der Waals surface area contributed by atoms with Gasteiger partial charge in [-0.2, -0.15) is 11.8 Å². The van der Waals surface area contributed by atoms with Crippen LogP contribution < -0.4 is 9.80 Å². The second kappa shape index (κ2) is 7.29. The van der Waals surface area contributed by atoms with Gasteiger partial charge in [0.25, 0.3) is 0 Å². The standard InChI is InChI=1S/C15H16FN3O2S2/c16-13-7-11(1-2-14(13)18-3-5-23-6-4-18)19-9-12(8-17-10-22)21-15(19)20/h1-2,7,12H,3-6,8-9H2/t12-/m1/s1. The quantitative estimate of drug-likeness (QED) is 0.615. The van der Waals surface area contributed by atoms with Gasteiger partial charge in [-0.1, -0.05) is 0 Å². The van der Waals surface area contributed by atoms with Gasteiger partial charge < -0.3 is 9.64 Å². The van der Waals surface area contributed by atoms with Gasteiger partial charge >= 0.3 is 6.09 Å². The van der Waals surface area contributed by atoms with Crippen LogP contribution in [0.1, 0.15) is 0 Å². The number of benzene rings is 1. The van der Waals surface area contributed by atoms with Gasteiger partial charge in [0.2, 0.25) is 0 Å². The van der Waals surface area contributed by atoms with Gasteiger partial charge in [-0.15, -0.1) is 0 Å². The van der Waals surface area contributed by atoms with E-state index in [1.54, 1.807) is 12.1 Å². The van der Waals surface area contributed by atoms with E-state index in [4.69, 9.17) is 4.74 Å². The van der Waals surface area contributed by atoms with Gasteiger partial charge in [-0.3, -0.25) is 4.90 Å². The zero-order valence-corrected chi connectivity index (χ0v) is 14.0. The van der Waals surface area contributed by atoms with Gasteiger partial charge in [-0.05, 0) is 30.4 Å². The molecule has 1 aromatic rings. The molecule has 2 aliphatic rings. The second-order valence-corrected chi connectivity index (χ2v) is 6.69. The lowest BCUT2D eigenvalue weighted by atomic mass is 10.2. The molecule has 23 heavy (non-hydrogen) atoms. The molecule has 0 unspecified atom stereocenters. The molecular formula is C15H16FN3O2S2. The fraction of sp³-hybridized carbons (Fsp3) is 0.467. The topological polar surface area (TPSA) is 45.1 Å². The Hall–Kier alpha value is -1.63. The van der Waals surface area contributed by atoms with E-state index in [0.29, 0.717) is 17.9 Å². The molecule has 0 bridgehead atoms. The smallest absolute Gasteiger partial charge is 0.414 e. The summed E-state index contributed by atoms with van der Waals surface area (Å²) in [7, 11) is 0. The maximum Gasteiger partial charge on any atom is 0.414 e. The Balaban J connectivity index is 1.74. The molecule has 2 saturated heterocycles. The number of thioether (sulfide) groups is 1. The average Bonchev–Trinajstić information content (AvgIpc) is 2.94. The highest BCUT2D eigenvalue weighted by Crippen LogP contribution is 2.29. The number of hydrogen-bond acceptors (Lipinski definition) is 6. The fourth-order valence-electron chi connectivity index (χ4n) is 2.69. The Morgan fingerprint density at radius 1 is 1.43 bits per heavy atom. The number of cyclic esters (lactones) is 1. The molecule has 0 spiro atoms. The van der Waals surface area contributed by atoms with Crippen molar-refractivity contribution in [2.24, 2.45) is 4.99 Å². The second-order valence-electron chi connectivity index (χ2n) is 5.28. The number of nitrogens with zero attached hydrogens (tertiary/aromatic N) is 3. The van der Waals surface area contributed by atoms with Gasteiger partial charge in [0.05, 0.1) is 29.6 Å². The summed E-state index contributed by atoms with van der Waals surface area (Å²) < 4.78 is 19.6. The molecule has 0 aromatic heterocycles. The molecule has 1 atom stereocenters. The van der Waals surface area contributed by atoms with E-state index >= 15 is 0 Å². The third-order valence-electron chi connectivity index (χ3n) is 3.83. The lowest BCUT2D eigenvalue weighted by Gasteiger charge is -2.29. The summed E-state index contributed by atoms with van der Waals surface area (Å²) in [5, 5.41) is 2.25. The molecular weight excluding hydrogens is 337 g/mol. The normalized spacial score (nSPS) is 21.1. The van der Waals surface area contributed by atoms with Gasteiger partial charge in [-0.25, -0.2) is 14.2 Å². The van der Waals surface area contributed by atoms with E-state index in [9.17, 15) is 9.18 Å². The summed E-state index contributed by atoms with van der Waals surface area (Å²) in [6.07, 6.45) is -0.865. The maximum atomic E-state index is 14.4. The highest BCUT2D eigenvalue weighted by Gasteiger charge is 2.32. The van der Waals surface area contributed by atoms with Crippen molar-refractivity contribution in [1.29, 1.82) is 0 Å². The molecule has 8 heteroatoms. The van der Waals surface area contributed by atoms with Crippen molar-refractivity contribution in [3.05, 3.63) is 24.0 Å². The van der Waals surface area contributed by atoms with Gasteiger partial charge in [0.15, 0.2) is 0 Å². The fourth-order valence-corrected chi connectivity index (χ4v) is 3.67. The minimum Gasteiger partial charge on any atom is -0.442 e. The van der Waals surface area contributed by atoms with Crippen LogP contribution in [0.3, 0.4) is 0 Å². The molecule has 0 aliphatic carbocycles. The van der Waals surface area contributed by atoms with Crippen LogP contribution in [0.2, 0.25) is 0 Å². The molecule has 2 aliphatic heterocycles. The van der Waals surface area contributed by atoms with E-state index in [0.717, 1.165) is 24.6 Å². The summed E-state index contributed by atoms with van der Waals surface area (Å²) in [4.78, 5) is 19.2. The average molecular weight is 353 g/mol. The van der Waals surface area contributed by atoms with Crippen molar-refractivity contribution in [1.82, 2.24) is 0 Å². The number of thiocarbonyl (C=S) groups is 1. The predicted molar refractivity (Wildman–Crippen MR) is 93.4 cm³/mol. The summed E-state index contributed by atoms with van der Waals surface area (Å²) in [5.41, 5.74) is 1.08. The van der Waals surface area contributed by atoms with Crippen LogP contribution in [0.5, 0.6) is 0 Å². The number of isothiocyanates is 1. The van der Waals surface area contributed by atoms with Crippen LogP contribution >= 0.6 is 24.0 Å². The lowest BCUT2D eigenvalue weighted by molar-refractivity contribution is 0.145. The molecule has 0 radical (unpaired) electrons. The first-order valence-corrected chi connectivity index (χ1v) is 8.89. The Morgan fingerprint density at radius 2 is 2.22 bits per heavy atom. The van der Waals surface area contributed by atoms with Crippen molar-refractivity contribution >= 4 is 46.6 Å². The SMILES string of the molecule is O=C1O[C@H](CN=C=S)CN1c1ccc(N2CCSCC2)c(F)c1. The molecule has 2 heterocycles. The molecule has 0 saturated carbocycles. The van der Waals surface area contributed by atoms with Crippen LogP contribution in [-0.4, -0.2) is 55.0 Å². The Morgan fingerprint density at radius 3 is 2.91 bits per heavy atom. The summed E-state index contributed by atoms with van der Waals surface area (Å²) in [5.74, 6) is 1.69. The number of carbonyl (C=O) groups excluding carboxylic acids is 1. The Labute approximate surface area is 143 Å². The Kier molecular flexibility index (Phi) is 5.15. The summed E-state index contributed by atoms with van der Waals surface area (Å²) in [6, 6.07) is 4.88. The van der Waals surface area contributed by atoms with Crippen LogP contribution in [0.25, 0.3) is 0 Å². The van der Waals surface area contributed by atoms with E-state index in [-0.39, 0.29) is 18.5 Å². The van der Waals surface area contributed by atoms with E-state index in [1.807, 2.05) is 16.7 Å². The van der Waals surface area contributed by atoms with Crippen LogP contribution in [0.4, 0.5) is 20.6 Å². The number of rotatable bonds is 4. The first-order chi connectivity index (χ1) is 11.2. The predicted octanol–water partition coefficient (Wildman–Crippen LogP) is 2.81. The molecule has 1 amide bonds. The van der Waals surface area contributed by atoms with Gasteiger partial charge in [0, 0.05) is 24.6 Å². The van der Waals surface area contributed by atoms with Crippen LogP contribution in [-0.2, 0) is 4.74 Å². The number of carbonyl (C=O) groups is 1. The number of hydrogen-bond donors (Lipinski definition) is 0. The van der Waals surface area contributed by atoms with Crippen LogP contribution in [0, 0.1) is 5.82 Å². The van der Waals surface area contributed by atoms with Crippen LogP contribution in [0.15, 0.2) is 23.2 Å². The zero-order chi connectivity index (χ0) is 16.2. The highest BCUT2D eigenvalue weighted by atomic mass is 32.2. The third kappa shape index (κ3) is 3.65. The zero-order valence-electron chi connectivity index (χ0n) is 12.4. The van der Waals surface area contributed by atoms with Crippen molar-refractivity contribution in [3.63, 3.8) is 0 Å². The molecule has 2 fully saturated rings. The Bertz CT molecular complexity index is 646. The van der Waals surface area contributed by atoms with E-state index in [1.165, 1.54) is 11.0 Å². The number of amides is 1. The number of aliphatic imine (C=N–C) groups is 1. The third-order valence-corrected chi connectivity index (χ3v) is 4.90. The van der Waals surface area contributed by atoms with Gasteiger partial charge in [0.1, 0.15) is 11.9 Å². The summed E-state index contributed by atoms with van der Waals surface area (Å²) >= 11 is 6.38. The van der Waals surface area contributed by atoms with Crippen molar-refractivity contribution in [3.8, 4) is 0 Å². The summed E-state index contributed by atoms with van der Waals surface area (Å²) in [6.45, 7) is 2.28. The minimum absolute atomic E-state index is 0.276. The number of halogens is 1. The number of anilines is 2. The highest BCUT2D eigenvalue weighted by molar-refractivity contribution is 7.99. The molecule has 1 aromatic carbocycles. The molecule has 5 nitrogen and oxygen atoms in total. The monoisotopic (exact) mass is 353 g/mol. The van der Waals surface area contributed by atoms with Crippen molar-refractivity contribution < 1.29 is 13.9 Å². The van der Waals surface area contributed by atoms with Crippen molar-refractivity contribution in [2.75, 3.05) is 47.5 Å². The van der Waals surface area contributed by atoms with E-state index in [2.05, 4.69) is 22.4 Å². The number of ether oxygens (including phenoxy) is 1. The van der Waals surface area contributed by atoms with E-state index < -0.39 is 6.09 Å².